The average molecular weight is 301 g/mol. The smallest absolute Gasteiger partial charge is 0.268 e. The fourth-order valence-corrected chi connectivity index (χ4v) is 3.05. The minimum atomic E-state index is 0.0303. The third-order valence-electron chi connectivity index (χ3n) is 4.36. The van der Waals surface area contributed by atoms with Gasteiger partial charge in [0.15, 0.2) is 0 Å². The number of hydrogen-bond acceptors (Lipinski definition) is 2. The molecule has 22 heavy (non-hydrogen) atoms. The molecule has 0 bridgehead atoms. The first-order valence-electron chi connectivity index (χ1n) is 8.22. The SMILES string of the molecule is CCN(CC)CCNC(=O)c1c(C)c2ccccc2n1CC. The van der Waals surface area contributed by atoms with Crippen LogP contribution in [0.5, 0.6) is 0 Å². The number of para-hydroxylation sites is 1. The third-order valence-corrected chi connectivity index (χ3v) is 4.36. The molecule has 120 valence electrons. The molecule has 1 heterocycles. The number of fused-ring (bicyclic) bond motifs is 1. The van der Waals surface area contributed by atoms with Gasteiger partial charge < -0.3 is 14.8 Å². The molecule has 0 fully saturated rings. The highest BCUT2D eigenvalue weighted by Crippen LogP contribution is 2.25. The molecule has 4 nitrogen and oxygen atoms in total. The fourth-order valence-electron chi connectivity index (χ4n) is 3.05. The Balaban J connectivity index is 2.19. The first-order valence-corrected chi connectivity index (χ1v) is 8.22. The molecule has 1 aromatic carbocycles. The first kappa shape index (κ1) is 16.6. The maximum Gasteiger partial charge on any atom is 0.268 e. The molecule has 0 aliphatic rings. The molecule has 0 radical (unpaired) electrons. The number of nitrogens with one attached hydrogen (secondary N) is 1. The Morgan fingerprint density at radius 2 is 1.86 bits per heavy atom. The minimum absolute atomic E-state index is 0.0303. The Morgan fingerprint density at radius 3 is 2.50 bits per heavy atom. The highest BCUT2D eigenvalue weighted by Gasteiger charge is 2.18. The van der Waals surface area contributed by atoms with Gasteiger partial charge in [0.25, 0.3) is 5.91 Å². The third kappa shape index (κ3) is 3.17. The summed E-state index contributed by atoms with van der Waals surface area (Å²) in [6, 6.07) is 8.22. The van der Waals surface area contributed by atoms with Crippen molar-refractivity contribution in [3.05, 3.63) is 35.5 Å². The molecule has 0 saturated carbocycles. The lowest BCUT2D eigenvalue weighted by molar-refractivity contribution is 0.0939. The Hall–Kier alpha value is -1.81. The van der Waals surface area contributed by atoms with E-state index in [1.165, 1.54) is 5.39 Å². The van der Waals surface area contributed by atoms with Gasteiger partial charge in [-0.1, -0.05) is 32.0 Å². The van der Waals surface area contributed by atoms with Crippen molar-refractivity contribution >= 4 is 16.8 Å². The molecule has 0 saturated heterocycles. The van der Waals surface area contributed by atoms with E-state index < -0.39 is 0 Å². The van der Waals surface area contributed by atoms with Gasteiger partial charge in [0, 0.05) is 30.5 Å². The summed E-state index contributed by atoms with van der Waals surface area (Å²) in [4.78, 5) is 14.9. The number of aromatic nitrogens is 1. The monoisotopic (exact) mass is 301 g/mol. The van der Waals surface area contributed by atoms with Crippen LogP contribution in [0, 0.1) is 6.92 Å². The van der Waals surface area contributed by atoms with E-state index in [-0.39, 0.29) is 5.91 Å². The van der Waals surface area contributed by atoms with Gasteiger partial charge in [0.2, 0.25) is 0 Å². The second-order valence-corrected chi connectivity index (χ2v) is 5.52. The van der Waals surface area contributed by atoms with Crippen LogP contribution in [0.1, 0.15) is 36.8 Å². The van der Waals surface area contributed by atoms with Gasteiger partial charge >= 0.3 is 0 Å². The molecule has 0 spiro atoms. The Kier molecular flexibility index (Phi) is 5.61. The Bertz CT molecular complexity index is 641. The maximum atomic E-state index is 12.6. The number of amides is 1. The number of nitrogens with zero attached hydrogens (tertiary/aromatic N) is 2. The van der Waals surface area contributed by atoms with Gasteiger partial charge in [-0.25, -0.2) is 0 Å². The van der Waals surface area contributed by atoms with E-state index in [0.717, 1.165) is 43.0 Å². The van der Waals surface area contributed by atoms with Crippen LogP contribution >= 0.6 is 0 Å². The molecule has 0 atom stereocenters. The van der Waals surface area contributed by atoms with Gasteiger partial charge in [0.05, 0.1) is 0 Å². The van der Waals surface area contributed by atoms with E-state index in [2.05, 4.69) is 47.7 Å². The predicted octanol–water partition coefficient (Wildman–Crippen LogP) is 3.04. The zero-order valence-electron chi connectivity index (χ0n) is 14.1. The Labute approximate surface area is 133 Å². The van der Waals surface area contributed by atoms with Gasteiger partial charge in [-0.3, -0.25) is 4.79 Å². The molecule has 4 heteroatoms. The molecule has 1 amide bonds. The zero-order chi connectivity index (χ0) is 16.1. The van der Waals surface area contributed by atoms with Crippen LogP contribution in [-0.4, -0.2) is 41.6 Å². The van der Waals surface area contributed by atoms with Crippen LogP contribution < -0.4 is 5.32 Å². The van der Waals surface area contributed by atoms with Gasteiger partial charge in [-0.05, 0) is 38.6 Å². The van der Waals surface area contributed by atoms with Crippen LogP contribution in [0.25, 0.3) is 10.9 Å². The van der Waals surface area contributed by atoms with E-state index in [9.17, 15) is 4.79 Å². The summed E-state index contributed by atoms with van der Waals surface area (Å²) in [5.74, 6) is 0.0303. The number of rotatable bonds is 7. The van der Waals surface area contributed by atoms with Crippen LogP contribution in [0.4, 0.5) is 0 Å². The molecule has 1 aromatic heterocycles. The number of benzene rings is 1. The molecule has 0 aliphatic heterocycles. The molecule has 1 N–H and O–H groups in total. The van der Waals surface area contributed by atoms with Crippen molar-refractivity contribution in [1.82, 2.24) is 14.8 Å². The van der Waals surface area contributed by atoms with Crippen LogP contribution in [0.15, 0.2) is 24.3 Å². The van der Waals surface area contributed by atoms with Crippen LogP contribution in [0.2, 0.25) is 0 Å². The highest BCUT2D eigenvalue weighted by molar-refractivity contribution is 6.01. The summed E-state index contributed by atoms with van der Waals surface area (Å²) >= 11 is 0. The van der Waals surface area contributed by atoms with Crippen LogP contribution in [0.3, 0.4) is 0 Å². The standard InChI is InChI=1S/C18H27N3O/c1-5-20(6-2)13-12-19-18(22)17-14(4)15-10-8-9-11-16(15)21(17)7-3/h8-11H,5-7,12-13H2,1-4H3,(H,19,22). The topological polar surface area (TPSA) is 37.3 Å². The van der Waals surface area contributed by atoms with Gasteiger partial charge in [0.1, 0.15) is 5.69 Å². The number of carbonyl (C=O) groups excluding carboxylic acids is 1. The highest BCUT2D eigenvalue weighted by atomic mass is 16.1. The number of aryl methyl sites for hydroxylation is 2. The second-order valence-electron chi connectivity index (χ2n) is 5.52. The van der Waals surface area contributed by atoms with Crippen LogP contribution in [-0.2, 0) is 6.54 Å². The normalized spacial score (nSPS) is 11.3. The fraction of sp³-hybridized carbons (Fsp3) is 0.500. The average Bonchev–Trinajstić information content (AvgIpc) is 2.84. The summed E-state index contributed by atoms with van der Waals surface area (Å²) in [7, 11) is 0. The molecular formula is C18H27N3O. The zero-order valence-corrected chi connectivity index (χ0v) is 14.1. The second kappa shape index (κ2) is 7.45. The van der Waals surface area contributed by atoms with E-state index in [1.54, 1.807) is 0 Å². The van der Waals surface area contributed by atoms with Crippen molar-refractivity contribution in [3.63, 3.8) is 0 Å². The quantitative estimate of drug-likeness (QED) is 0.853. The van der Waals surface area contributed by atoms with Crippen molar-refractivity contribution in [1.29, 1.82) is 0 Å². The Morgan fingerprint density at radius 1 is 1.18 bits per heavy atom. The van der Waals surface area contributed by atoms with Crippen molar-refractivity contribution in [2.45, 2.75) is 34.2 Å². The lowest BCUT2D eigenvalue weighted by Gasteiger charge is -2.18. The molecule has 0 unspecified atom stereocenters. The molecule has 2 aromatic rings. The molecule has 0 aliphatic carbocycles. The largest absolute Gasteiger partial charge is 0.349 e. The number of hydrogen-bond donors (Lipinski definition) is 1. The van der Waals surface area contributed by atoms with E-state index >= 15 is 0 Å². The van der Waals surface area contributed by atoms with Crippen molar-refractivity contribution in [3.8, 4) is 0 Å². The summed E-state index contributed by atoms with van der Waals surface area (Å²) in [5, 5.41) is 4.24. The van der Waals surface area contributed by atoms with Gasteiger partial charge in [-0.2, -0.15) is 0 Å². The van der Waals surface area contributed by atoms with E-state index in [1.807, 2.05) is 19.1 Å². The number of likely N-dealkylation sites (N-methyl/N-ethyl adjacent to an activating group) is 1. The van der Waals surface area contributed by atoms with E-state index in [4.69, 9.17) is 0 Å². The summed E-state index contributed by atoms with van der Waals surface area (Å²) in [5.41, 5.74) is 3.00. The summed E-state index contributed by atoms with van der Waals surface area (Å²) in [6.45, 7) is 12.8. The summed E-state index contributed by atoms with van der Waals surface area (Å²) < 4.78 is 2.11. The lowest BCUT2D eigenvalue weighted by atomic mass is 10.1. The van der Waals surface area contributed by atoms with Crippen molar-refractivity contribution in [2.24, 2.45) is 0 Å². The maximum absolute atomic E-state index is 12.6. The van der Waals surface area contributed by atoms with Gasteiger partial charge in [-0.15, -0.1) is 0 Å². The minimum Gasteiger partial charge on any atom is -0.349 e. The lowest BCUT2D eigenvalue weighted by Crippen LogP contribution is -2.35. The summed E-state index contributed by atoms with van der Waals surface area (Å²) in [6.07, 6.45) is 0. The molecular weight excluding hydrogens is 274 g/mol. The predicted molar refractivity (Wildman–Crippen MR) is 92.5 cm³/mol. The van der Waals surface area contributed by atoms with Crippen molar-refractivity contribution < 1.29 is 4.79 Å². The van der Waals surface area contributed by atoms with Crippen molar-refractivity contribution in [2.75, 3.05) is 26.2 Å². The molecule has 2 rings (SSSR count). The van der Waals surface area contributed by atoms with E-state index in [0.29, 0.717) is 6.54 Å². The first-order chi connectivity index (χ1) is 10.6. The number of carbonyl (C=O) groups is 1.